The summed E-state index contributed by atoms with van der Waals surface area (Å²) in [5.74, 6) is 3.29. The predicted octanol–water partition coefficient (Wildman–Crippen LogP) is 1.66. The zero-order valence-electron chi connectivity index (χ0n) is 11.7. The number of hydrogen-bond acceptors (Lipinski definition) is 4. The van der Waals surface area contributed by atoms with Crippen LogP contribution in [-0.4, -0.2) is 57.5 Å². The van der Waals surface area contributed by atoms with Crippen molar-refractivity contribution in [3.05, 3.63) is 35.9 Å². The van der Waals surface area contributed by atoms with Crippen LogP contribution in [0.25, 0.3) is 0 Å². The van der Waals surface area contributed by atoms with Gasteiger partial charge in [0, 0.05) is 18.1 Å². The standard InChI is InChI=1S/C15H18N2O2S2/c18-14(8-12-4-2-1-3-5-12)17-11-21-9-13(17)15(19)16-6-7-20-10-16/h1-5,13H,6-11H2. The van der Waals surface area contributed by atoms with Crippen LogP contribution in [0.2, 0.25) is 0 Å². The lowest BCUT2D eigenvalue weighted by atomic mass is 10.1. The van der Waals surface area contributed by atoms with Gasteiger partial charge < -0.3 is 9.80 Å². The van der Waals surface area contributed by atoms with Crippen LogP contribution >= 0.6 is 23.5 Å². The molecular formula is C15H18N2O2S2. The quantitative estimate of drug-likeness (QED) is 0.849. The second kappa shape index (κ2) is 6.75. The van der Waals surface area contributed by atoms with E-state index in [-0.39, 0.29) is 17.9 Å². The highest BCUT2D eigenvalue weighted by Gasteiger charge is 2.37. The molecule has 0 radical (unpaired) electrons. The van der Waals surface area contributed by atoms with Crippen molar-refractivity contribution in [1.29, 1.82) is 0 Å². The lowest BCUT2D eigenvalue weighted by Gasteiger charge is -2.26. The van der Waals surface area contributed by atoms with E-state index < -0.39 is 0 Å². The largest absolute Gasteiger partial charge is 0.331 e. The summed E-state index contributed by atoms with van der Waals surface area (Å²) in [6.45, 7) is 0.811. The van der Waals surface area contributed by atoms with Crippen LogP contribution < -0.4 is 0 Å². The molecule has 3 rings (SSSR count). The van der Waals surface area contributed by atoms with Crippen molar-refractivity contribution in [2.75, 3.05) is 29.8 Å². The van der Waals surface area contributed by atoms with Gasteiger partial charge >= 0.3 is 0 Å². The number of thioether (sulfide) groups is 2. The molecule has 6 heteroatoms. The van der Waals surface area contributed by atoms with E-state index in [1.165, 1.54) is 0 Å². The first-order valence-corrected chi connectivity index (χ1v) is 9.34. The zero-order valence-corrected chi connectivity index (χ0v) is 13.4. The molecule has 0 spiro atoms. The van der Waals surface area contributed by atoms with Gasteiger partial charge in [-0.3, -0.25) is 9.59 Å². The maximum absolute atomic E-state index is 12.5. The van der Waals surface area contributed by atoms with Crippen molar-refractivity contribution in [3.8, 4) is 0 Å². The molecule has 2 saturated heterocycles. The number of nitrogens with zero attached hydrogens (tertiary/aromatic N) is 2. The van der Waals surface area contributed by atoms with Crippen LogP contribution in [0.3, 0.4) is 0 Å². The van der Waals surface area contributed by atoms with E-state index in [1.807, 2.05) is 35.2 Å². The van der Waals surface area contributed by atoms with Crippen LogP contribution in [0.4, 0.5) is 0 Å². The van der Waals surface area contributed by atoms with E-state index >= 15 is 0 Å². The number of carbonyl (C=O) groups is 2. The van der Waals surface area contributed by atoms with E-state index in [4.69, 9.17) is 0 Å². The third kappa shape index (κ3) is 3.37. The molecule has 2 heterocycles. The van der Waals surface area contributed by atoms with Crippen molar-refractivity contribution in [1.82, 2.24) is 9.80 Å². The number of rotatable bonds is 3. The van der Waals surface area contributed by atoms with Crippen LogP contribution in [0.5, 0.6) is 0 Å². The van der Waals surface area contributed by atoms with E-state index in [1.54, 1.807) is 28.4 Å². The van der Waals surface area contributed by atoms with Gasteiger partial charge in [-0.1, -0.05) is 30.3 Å². The molecule has 2 aliphatic heterocycles. The Labute approximate surface area is 133 Å². The summed E-state index contributed by atoms with van der Waals surface area (Å²) in [7, 11) is 0. The van der Waals surface area contributed by atoms with Gasteiger partial charge in [0.05, 0.1) is 18.2 Å². The molecule has 1 aromatic rings. The molecule has 1 aromatic carbocycles. The highest BCUT2D eigenvalue weighted by molar-refractivity contribution is 7.99. The maximum Gasteiger partial charge on any atom is 0.246 e. The first-order chi connectivity index (χ1) is 10.3. The molecule has 2 aliphatic rings. The molecule has 0 aromatic heterocycles. The Balaban J connectivity index is 1.65. The van der Waals surface area contributed by atoms with Crippen molar-refractivity contribution in [3.63, 3.8) is 0 Å². The van der Waals surface area contributed by atoms with Crippen LogP contribution in [0.15, 0.2) is 30.3 Å². The lowest BCUT2D eigenvalue weighted by Crippen LogP contribution is -2.48. The SMILES string of the molecule is O=C(C1CSCN1C(=O)Cc1ccccc1)N1CCSC1. The number of benzene rings is 1. The molecule has 0 aliphatic carbocycles. The topological polar surface area (TPSA) is 40.6 Å². The summed E-state index contributed by atoms with van der Waals surface area (Å²) in [4.78, 5) is 28.6. The van der Waals surface area contributed by atoms with E-state index in [0.29, 0.717) is 12.3 Å². The minimum atomic E-state index is -0.273. The van der Waals surface area contributed by atoms with Crippen molar-refractivity contribution in [2.45, 2.75) is 12.5 Å². The maximum atomic E-state index is 12.5. The number of hydrogen-bond donors (Lipinski definition) is 0. The molecular weight excluding hydrogens is 304 g/mol. The van der Waals surface area contributed by atoms with Crippen molar-refractivity contribution >= 4 is 35.3 Å². The molecule has 4 nitrogen and oxygen atoms in total. The Bertz CT molecular complexity index is 518. The molecule has 0 saturated carbocycles. The van der Waals surface area contributed by atoms with E-state index in [9.17, 15) is 9.59 Å². The van der Waals surface area contributed by atoms with Gasteiger partial charge in [-0.15, -0.1) is 23.5 Å². The monoisotopic (exact) mass is 322 g/mol. The normalized spacial score (nSPS) is 21.8. The van der Waals surface area contributed by atoms with Gasteiger partial charge in [0.2, 0.25) is 11.8 Å². The van der Waals surface area contributed by atoms with Crippen LogP contribution in [0.1, 0.15) is 5.56 Å². The second-order valence-corrected chi connectivity index (χ2v) is 7.26. The average molecular weight is 322 g/mol. The van der Waals surface area contributed by atoms with Gasteiger partial charge in [0.1, 0.15) is 6.04 Å². The summed E-state index contributed by atoms with van der Waals surface area (Å²) < 4.78 is 0. The summed E-state index contributed by atoms with van der Waals surface area (Å²) in [5.41, 5.74) is 1.00. The Kier molecular flexibility index (Phi) is 4.75. The highest BCUT2D eigenvalue weighted by Crippen LogP contribution is 2.25. The van der Waals surface area contributed by atoms with Gasteiger partial charge in [-0.2, -0.15) is 0 Å². The molecule has 0 N–H and O–H groups in total. The molecule has 1 atom stereocenters. The Morgan fingerprint density at radius 1 is 1.14 bits per heavy atom. The minimum Gasteiger partial charge on any atom is -0.331 e. The summed E-state index contributed by atoms with van der Waals surface area (Å²) in [6, 6.07) is 9.45. The Morgan fingerprint density at radius 2 is 1.95 bits per heavy atom. The second-order valence-electron chi connectivity index (χ2n) is 5.18. The smallest absolute Gasteiger partial charge is 0.246 e. The predicted molar refractivity (Wildman–Crippen MR) is 87.1 cm³/mol. The van der Waals surface area contributed by atoms with E-state index in [0.717, 1.165) is 29.5 Å². The fraction of sp³-hybridized carbons (Fsp3) is 0.467. The summed E-state index contributed by atoms with van der Waals surface area (Å²) in [5, 5.41) is 0. The fourth-order valence-electron chi connectivity index (χ4n) is 2.56. The Morgan fingerprint density at radius 3 is 2.67 bits per heavy atom. The molecule has 0 bridgehead atoms. The summed E-state index contributed by atoms with van der Waals surface area (Å²) in [6.07, 6.45) is 0.375. The van der Waals surface area contributed by atoms with Gasteiger partial charge in [-0.05, 0) is 5.56 Å². The van der Waals surface area contributed by atoms with Gasteiger partial charge in [0.25, 0.3) is 0 Å². The molecule has 2 fully saturated rings. The first kappa shape index (κ1) is 14.8. The van der Waals surface area contributed by atoms with Crippen molar-refractivity contribution < 1.29 is 9.59 Å². The van der Waals surface area contributed by atoms with Gasteiger partial charge in [0.15, 0.2) is 0 Å². The third-order valence-electron chi connectivity index (χ3n) is 3.75. The first-order valence-electron chi connectivity index (χ1n) is 7.03. The van der Waals surface area contributed by atoms with Crippen LogP contribution in [0, 0.1) is 0 Å². The van der Waals surface area contributed by atoms with Crippen LogP contribution in [-0.2, 0) is 16.0 Å². The van der Waals surface area contributed by atoms with Gasteiger partial charge in [-0.25, -0.2) is 0 Å². The minimum absolute atomic E-state index is 0.0522. The highest BCUT2D eigenvalue weighted by atomic mass is 32.2. The lowest BCUT2D eigenvalue weighted by molar-refractivity contribution is -0.142. The van der Waals surface area contributed by atoms with E-state index in [2.05, 4.69) is 0 Å². The molecule has 112 valence electrons. The molecule has 1 unspecified atom stereocenters. The zero-order chi connectivity index (χ0) is 14.7. The third-order valence-corrected chi connectivity index (χ3v) is 5.73. The van der Waals surface area contributed by atoms with Crippen molar-refractivity contribution in [2.24, 2.45) is 0 Å². The average Bonchev–Trinajstić information content (AvgIpc) is 3.19. The Hall–Kier alpha value is -1.14. The number of amides is 2. The molecule has 21 heavy (non-hydrogen) atoms. The number of carbonyl (C=O) groups excluding carboxylic acids is 2. The summed E-state index contributed by atoms with van der Waals surface area (Å²) >= 11 is 3.44. The fourth-order valence-corrected chi connectivity index (χ4v) is 4.69. The molecule has 2 amide bonds.